The lowest BCUT2D eigenvalue weighted by molar-refractivity contribution is -0.122. The molecule has 2 N–H and O–H groups in total. The third kappa shape index (κ3) is 3.08. The molecule has 140 valence electrons. The number of hydrogen-bond donors (Lipinski definition) is 1. The SMILES string of the molecule is C[C@@](CCc1ccsc1)(c1cn(C2(C(N)=O)CC2)nn1)C1CCCCC1. The van der Waals surface area contributed by atoms with E-state index < -0.39 is 5.54 Å². The summed E-state index contributed by atoms with van der Waals surface area (Å²) in [5.74, 6) is 0.343. The summed E-state index contributed by atoms with van der Waals surface area (Å²) in [7, 11) is 0. The Kier molecular flexibility index (Phi) is 4.63. The van der Waals surface area contributed by atoms with E-state index >= 15 is 0 Å². The van der Waals surface area contributed by atoms with Gasteiger partial charge in [-0.15, -0.1) is 5.10 Å². The smallest absolute Gasteiger partial charge is 0.245 e. The number of thiophene rings is 1. The van der Waals surface area contributed by atoms with Gasteiger partial charge in [0.25, 0.3) is 0 Å². The van der Waals surface area contributed by atoms with Crippen molar-refractivity contribution in [1.29, 1.82) is 0 Å². The van der Waals surface area contributed by atoms with Crippen molar-refractivity contribution in [2.24, 2.45) is 11.7 Å². The first-order valence-corrected chi connectivity index (χ1v) is 10.7. The molecule has 2 aromatic rings. The van der Waals surface area contributed by atoms with Crippen LogP contribution in [0.15, 0.2) is 23.0 Å². The summed E-state index contributed by atoms with van der Waals surface area (Å²) in [5, 5.41) is 13.3. The van der Waals surface area contributed by atoms with Gasteiger partial charge in [0.05, 0.1) is 11.9 Å². The fraction of sp³-hybridized carbons (Fsp3) is 0.650. The molecule has 0 spiro atoms. The van der Waals surface area contributed by atoms with Crippen LogP contribution in [0.2, 0.25) is 0 Å². The number of carbonyl (C=O) groups excluding carboxylic acids is 1. The van der Waals surface area contributed by atoms with Crippen LogP contribution in [-0.2, 0) is 22.2 Å². The average molecular weight is 373 g/mol. The predicted molar refractivity (Wildman–Crippen MR) is 103 cm³/mol. The molecule has 2 fully saturated rings. The van der Waals surface area contributed by atoms with Crippen molar-refractivity contribution in [2.45, 2.75) is 75.7 Å². The summed E-state index contributed by atoms with van der Waals surface area (Å²) < 4.78 is 1.75. The minimum absolute atomic E-state index is 0.00562. The van der Waals surface area contributed by atoms with E-state index in [1.54, 1.807) is 16.0 Å². The lowest BCUT2D eigenvalue weighted by Crippen LogP contribution is -2.36. The molecular weight excluding hydrogens is 344 g/mol. The van der Waals surface area contributed by atoms with Gasteiger partial charge in [0.15, 0.2) is 0 Å². The molecule has 0 radical (unpaired) electrons. The maximum Gasteiger partial charge on any atom is 0.245 e. The van der Waals surface area contributed by atoms with Crippen LogP contribution in [0.3, 0.4) is 0 Å². The van der Waals surface area contributed by atoms with Crippen molar-refractivity contribution in [1.82, 2.24) is 15.0 Å². The number of nitrogens with two attached hydrogens (primary N) is 1. The van der Waals surface area contributed by atoms with Gasteiger partial charge in [-0.2, -0.15) is 11.3 Å². The van der Waals surface area contributed by atoms with Gasteiger partial charge in [0, 0.05) is 5.41 Å². The summed E-state index contributed by atoms with van der Waals surface area (Å²) >= 11 is 1.76. The van der Waals surface area contributed by atoms with Gasteiger partial charge < -0.3 is 5.73 Å². The van der Waals surface area contributed by atoms with Crippen molar-refractivity contribution >= 4 is 17.2 Å². The maximum absolute atomic E-state index is 11.9. The molecule has 5 nitrogen and oxygen atoms in total. The molecule has 2 aromatic heterocycles. The van der Waals surface area contributed by atoms with E-state index in [-0.39, 0.29) is 11.3 Å². The minimum atomic E-state index is -0.619. The fourth-order valence-corrected chi connectivity index (χ4v) is 5.26. The highest BCUT2D eigenvalue weighted by atomic mass is 32.1. The Hall–Kier alpha value is -1.69. The van der Waals surface area contributed by atoms with Gasteiger partial charge in [0.1, 0.15) is 5.54 Å². The number of amides is 1. The molecule has 2 heterocycles. The van der Waals surface area contributed by atoms with Crippen molar-refractivity contribution in [3.05, 3.63) is 34.3 Å². The Balaban J connectivity index is 1.62. The Labute approximate surface area is 159 Å². The van der Waals surface area contributed by atoms with E-state index in [4.69, 9.17) is 5.73 Å². The number of aromatic nitrogens is 3. The first-order chi connectivity index (χ1) is 12.5. The molecule has 2 saturated carbocycles. The lowest BCUT2D eigenvalue weighted by atomic mass is 9.65. The van der Waals surface area contributed by atoms with Crippen LogP contribution in [-0.4, -0.2) is 20.9 Å². The van der Waals surface area contributed by atoms with Crippen molar-refractivity contribution < 1.29 is 4.79 Å². The molecule has 6 heteroatoms. The number of nitrogens with zero attached hydrogens (tertiary/aromatic N) is 3. The van der Waals surface area contributed by atoms with Gasteiger partial charge in [-0.1, -0.05) is 31.4 Å². The molecule has 2 aliphatic rings. The summed E-state index contributed by atoms with van der Waals surface area (Å²) in [6.45, 7) is 2.35. The predicted octanol–water partition coefficient (Wildman–Crippen LogP) is 3.78. The van der Waals surface area contributed by atoms with Crippen molar-refractivity contribution in [3.63, 3.8) is 0 Å². The first-order valence-electron chi connectivity index (χ1n) is 9.79. The van der Waals surface area contributed by atoms with Crippen LogP contribution in [0, 0.1) is 5.92 Å². The summed E-state index contributed by atoms with van der Waals surface area (Å²) in [4.78, 5) is 11.9. The summed E-state index contributed by atoms with van der Waals surface area (Å²) in [6, 6.07) is 2.22. The van der Waals surface area contributed by atoms with Gasteiger partial charge >= 0.3 is 0 Å². The van der Waals surface area contributed by atoms with Crippen LogP contribution >= 0.6 is 11.3 Å². The van der Waals surface area contributed by atoms with Crippen molar-refractivity contribution in [2.75, 3.05) is 0 Å². The molecule has 1 amide bonds. The zero-order valence-electron chi connectivity index (χ0n) is 15.5. The van der Waals surface area contributed by atoms with E-state index in [0.717, 1.165) is 31.4 Å². The molecule has 0 aromatic carbocycles. The molecule has 26 heavy (non-hydrogen) atoms. The fourth-order valence-electron chi connectivity index (χ4n) is 4.56. The highest BCUT2D eigenvalue weighted by molar-refractivity contribution is 7.07. The molecule has 4 rings (SSSR count). The van der Waals surface area contributed by atoms with Gasteiger partial charge in [-0.3, -0.25) is 4.79 Å². The van der Waals surface area contributed by atoms with Crippen LogP contribution in [0.5, 0.6) is 0 Å². The minimum Gasteiger partial charge on any atom is -0.368 e. The Morgan fingerprint density at radius 3 is 2.77 bits per heavy atom. The van der Waals surface area contributed by atoms with E-state index in [0.29, 0.717) is 5.92 Å². The van der Waals surface area contributed by atoms with E-state index in [1.165, 1.54) is 37.7 Å². The number of rotatable bonds is 7. The standard InChI is InChI=1S/C20H28N4OS/c1-19(16-5-3-2-4-6-16,9-7-15-8-12-26-14-15)17-13-24(23-22-17)20(10-11-20)18(21)25/h8,12-14,16H,2-7,9-11H2,1H3,(H2,21,25)/t19-/m0/s1. The molecule has 0 aliphatic heterocycles. The third-order valence-electron chi connectivity index (χ3n) is 6.72. The Bertz CT molecular complexity index is 759. The number of aryl methyl sites for hydroxylation is 1. The molecule has 2 aliphatic carbocycles. The molecule has 0 bridgehead atoms. The topological polar surface area (TPSA) is 73.8 Å². The largest absolute Gasteiger partial charge is 0.368 e. The number of primary amides is 1. The van der Waals surface area contributed by atoms with Crippen LogP contribution in [0.25, 0.3) is 0 Å². The normalized spacial score (nSPS) is 22.0. The highest BCUT2D eigenvalue weighted by Crippen LogP contribution is 2.46. The average Bonchev–Trinajstić information content (AvgIpc) is 3.08. The van der Waals surface area contributed by atoms with Gasteiger partial charge in [-0.05, 0) is 66.8 Å². The van der Waals surface area contributed by atoms with Crippen LogP contribution in [0.1, 0.15) is 69.5 Å². The molecule has 1 atom stereocenters. The molecule has 0 unspecified atom stereocenters. The second kappa shape index (κ2) is 6.80. The Morgan fingerprint density at radius 2 is 2.15 bits per heavy atom. The van der Waals surface area contributed by atoms with Crippen molar-refractivity contribution in [3.8, 4) is 0 Å². The number of carbonyl (C=O) groups is 1. The van der Waals surface area contributed by atoms with E-state index in [1.807, 2.05) is 6.20 Å². The highest BCUT2D eigenvalue weighted by Gasteiger charge is 2.52. The van der Waals surface area contributed by atoms with Gasteiger partial charge in [-0.25, -0.2) is 4.68 Å². The quantitative estimate of drug-likeness (QED) is 0.804. The molecular formula is C20H28N4OS. The summed E-state index contributed by atoms with van der Waals surface area (Å²) in [6.07, 6.45) is 12.2. The van der Waals surface area contributed by atoms with E-state index in [9.17, 15) is 4.79 Å². The molecule has 0 saturated heterocycles. The monoisotopic (exact) mass is 372 g/mol. The van der Waals surface area contributed by atoms with Crippen LogP contribution in [0.4, 0.5) is 0 Å². The van der Waals surface area contributed by atoms with Crippen LogP contribution < -0.4 is 5.73 Å². The number of hydrogen-bond acceptors (Lipinski definition) is 4. The third-order valence-corrected chi connectivity index (χ3v) is 7.45. The lowest BCUT2D eigenvalue weighted by Gasteiger charge is -2.38. The van der Waals surface area contributed by atoms with E-state index in [2.05, 4.69) is 34.1 Å². The Morgan fingerprint density at radius 1 is 1.38 bits per heavy atom. The summed E-state index contributed by atoms with van der Waals surface area (Å²) in [5.41, 5.74) is 7.44. The van der Waals surface area contributed by atoms with Gasteiger partial charge in [0.2, 0.25) is 5.91 Å². The zero-order chi connectivity index (χ0) is 18.2. The first kappa shape index (κ1) is 17.7. The zero-order valence-corrected chi connectivity index (χ0v) is 16.3. The maximum atomic E-state index is 11.9. The second-order valence-corrected chi connectivity index (χ2v) is 9.11. The second-order valence-electron chi connectivity index (χ2n) is 8.33.